The minimum absolute atomic E-state index is 0.161. The molecule has 0 aromatic carbocycles. The maximum absolute atomic E-state index is 12.3. The van der Waals surface area contributed by atoms with E-state index < -0.39 is 0 Å². The third-order valence-electron chi connectivity index (χ3n) is 3.84. The highest BCUT2D eigenvalue weighted by Crippen LogP contribution is 2.15. The Hall–Kier alpha value is -1.66. The molecule has 1 N–H and O–H groups in total. The molecule has 1 aliphatic heterocycles. The van der Waals surface area contributed by atoms with E-state index in [1.165, 1.54) is 7.11 Å². The summed E-state index contributed by atoms with van der Waals surface area (Å²) in [6, 6.07) is 3.69. The molecule has 0 aliphatic carbocycles. The Bertz CT molecular complexity index is 499. The van der Waals surface area contributed by atoms with E-state index in [4.69, 9.17) is 9.47 Å². The third-order valence-corrected chi connectivity index (χ3v) is 3.84. The van der Waals surface area contributed by atoms with Crippen LogP contribution in [0.5, 0.6) is 5.88 Å². The molecule has 0 spiro atoms. The number of hydrogen-bond donors (Lipinski definition) is 1. The molecule has 3 atom stereocenters. The second kappa shape index (κ2) is 7.56. The van der Waals surface area contributed by atoms with Gasteiger partial charge >= 0.3 is 0 Å². The lowest BCUT2D eigenvalue weighted by Crippen LogP contribution is -2.52. The molecular formula is C16H25N3O3. The van der Waals surface area contributed by atoms with Crippen LogP contribution in [0.15, 0.2) is 18.3 Å². The Balaban J connectivity index is 1.90. The number of ether oxygens (including phenoxy) is 2. The van der Waals surface area contributed by atoms with E-state index in [2.05, 4.69) is 36.0 Å². The Kier molecular flexibility index (Phi) is 5.74. The summed E-state index contributed by atoms with van der Waals surface area (Å²) in [6.45, 7) is 8.62. The van der Waals surface area contributed by atoms with Gasteiger partial charge in [-0.15, -0.1) is 0 Å². The first-order valence-electron chi connectivity index (χ1n) is 7.68. The van der Waals surface area contributed by atoms with Gasteiger partial charge in [-0.05, 0) is 32.9 Å². The van der Waals surface area contributed by atoms with Crippen molar-refractivity contribution in [1.29, 1.82) is 0 Å². The molecule has 1 amide bonds. The molecule has 2 heterocycles. The first kappa shape index (κ1) is 16.7. The van der Waals surface area contributed by atoms with Crippen LogP contribution in [0.4, 0.5) is 0 Å². The molecule has 1 saturated heterocycles. The minimum Gasteiger partial charge on any atom is -0.480 e. The van der Waals surface area contributed by atoms with Crippen molar-refractivity contribution in [2.45, 2.75) is 39.0 Å². The third kappa shape index (κ3) is 4.18. The first-order chi connectivity index (χ1) is 10.5. The van der Waals surface area contributed by atoms with Crippen molar-refractivity contribution in [3.05, 3.63) is 23.9 Å². The highest BCUT2D eigenvalue weighted by Gasteiger charge is 2.26. The Morgan fingerprint density at radius 2 is 2.18 bits per heavy atom. The van der Waals surface area contributed by atoms with Crippen molar-refractivity contribution < 1.29 is 14.3 Å². The summed E-state index contributed by atoms with van der Waals surface area (Å²) in [6.07, 6.45) is 2.05. The summed E-state index contributed by atoms with van der Waals surface area (Å²) in [5, 5.41) is 2.96. The van der Waals surface area contributed by atoms with Gasteiger partial charge in [0.1, 0.15) is 5.56 Å². The summed E-state index contributed by atoms with van der Waals surface area (Å²) in [7, 11) is 1.51. The van der Waals surface area contributed by atoms with Gasteiger partial charge in [-0.2, -0.15) is 0 Å². The molecular weight excluding hydrogens is 282 g/mol. The maximum Gasteiger partial charge on any atom is 0.256 e. The fourth-order valence-corrected chi connectivity index (χ4v) is 2.77. The minimum atomic E-state index is -0.161. The number of rotatable bonds is 5. The van der Waals surface area contributed by atoms with Crippen LogP contribution in [0, 0.1) is 0 Å². The van der Waals surface area contributed by atoms with E-state index in [9.17, 15) is 4.79 Å². The number of carbonyl (C=O) groups is 1. The average Bonchev–Trinajstić information content (AvgIpc) is 2.51. The molecule has 0 bridgehead atoms. The average molecular weight is 307 g/mol. The zero-order chi connectivity index (χ0) is 16.1. The fraction of sp³-hybridized carbons (Fsp3) is 0.625. The van der Waals surface area contributed by atoms with E-state index in [0.29, 0.717) is 18.0 Å². The van der Waals surface area contributed by atoms with Crippen molar-refractivity contribution in [2.75, 3.05) is 26.7 Å². The van der Waals surface area contributed by atoms with Crippen molar-refractivity contribution >= 4 is 5.91 Å². The van der Waals surface area contributed by atoms with Gasteiger partial charge in [0.05, 0.1) is 19.3 Å². The number of methoxy groups -OCH3 is 1. The smallest absolute Gasteiger partial charge is 0.256 e. The molecule has 122 valence electrons. The van der Waals surface area contributed by atoms with Crippen molar-refractivity contribution in [3.8, 4) is 5.88 Å². The SMILES string of the molecule is COc1ncccc1C(=O)NCC(C)N1CC(C)OC(C)C1. The molecule has 0 radical (unpaired) electrons. The summed E-state index contributed by atoms with van der Waals surface area (Å²) in [4.78, 5) is 18.7. The Labute approximate surface area is 131 Å². The fourth-order valence-electron chi connectivity index (χ4n) is 2.77. The number of nitrogens with one attached hydrogen (secondary N) is 1. The molecule has 0 saturated carbocycles. The first-order valence-corrected chi connectivity index (χ1v) is 7.68. The largest absolute Gasteiger partial charge is 0.480 e. The van der Waals surface area contributed by atoms with Crippen molar-refractivity contribution in [2.24, 2.45) is 0 Å². The predicted molar refractivity (Wildman–Crippen MR) is 84.2 cm³/mol. The molecule has 1 aliphatic rings. The second-order valence-electron chi connectivity index (χ2n) is 5.83. The lowest BCUT2D eigenvalue weighted by atomic mass is 10.1. The Morgan fingerprint density at radius 1 is 1.50 bits per heavy atom. The quantitative estimate of drug-likeness (QED) is 0.889. The summed E-state index contributed by atoms with van der Waals surface area (Å²) < 4.78 is 10.9. The van der Waals surface area contributed by atoms with Gasteiger partial charge in [-0.25, -0.2) is 4.98 Å². The lowest BCUT2D eigenvalue weighted by molar-refractivity contribution is -0.0778. The molecule has 6 heteroatoms. The van der Waals surface area contributed by atoms with E-state index in [0.717, 1.165) is 13.1 Å². The highest BCUT2D eigenvalue weighted by atomic mass is 16.5. The zero-order valence-electron chi connectivity index (χ0n) is 13.7. The number of aromatic nitrogens is 1. The number of amides is 1. The van der Waals surface area contributed by atoms with E-state index in [-0.39, 0.29) is 24.2 Å². The lowest BCUT2D eigenvalue weighted by Gasteiger charge is -2.39. The summed E-state index contributed by atoms with van der Waals surface area (Å²) in [5.74, 6) is 0.187. The number of nitrogens with zero attached hydrogens (tertiary/aromatic N) is 2. The molecule has 22 heavy (non-hydrogen) atoms. The molecule has 1 fully saturated rings. The van der Waals surface area contributed by atoms with Crippen LogP contribution in [0.3, 0.4) is 0 Å². The second-order valence-corrected chi connectivity index (χ2v) is 5.83. The predicted octanol–water partition coefficient (Wildman–Crippen LogP) is 1.32. The molecule has 1 aromatic heterocycles. The van der Waals surface area contributed by atoms with Gasteiger partial charge in [0.15, 0.2) is 0 Å². The van der Waals surface area contributed by atoms with Crippen LogP contribution < -0.4 is 10.1 Å². The topological polar surface area (TPSA) is 63.7 Å². The normalized spacial score (nSPS) is 23.8. The molecule has 1 aromatic rings. The van der Waals surface area contributed by atoms with Crippen molar-refractivity contribution in [1.82, 2.24) is 15.2 Å². The van der Waals surface area contributed by atoms with Gasteiger partial charge in [0.25, 0.3) is 5.91 Å². The molecule has 2 rings (SSSR count). The van der Waals surface area contributed by atoms with E-state index in [1.807, 2.05) is 0 Å². The van der Waals surface area contributed by atoms with Gasteiger partial charge in [-0.1, -0.05) is 0 Å². The van der Waals surface area contributed by atoms with Crippen LogP contribution >= 0.6 is 0 Å². The number of morpholine rings is 1. The number of pyridine rings is 1. The van der Waals surface area contributed by atoms with E-state index in [1.54, 1.807) is 18.3 Å². The monoisotopic (exact) mass is 307 g/mol. The Morgan fingerprint density at radius 3 is 2.82 bits per heavy atom. The highest BCUT2D eigenvalue weighted by molar-refractivity contribution is 5.96. The standard InChI is InChI=1S/C16H25N3O3/c1-11(19-9-12(2)22-13(3)10-19)8-18-15(20)14-6-5-7-17-16(14)21-4/h5-7,11-13H,8-10H2,1-4H3,(H,18,20). The van der Waals surface area contributed by atoms with Gasteiger partial charge in [0.2, 0.25) is 5.88 Å². The van der Waals surface area contributed by atoms with Gasteiger partial charge < -0.3 is 14.8 Å². The van der Waals surface area contributed by atoms with Crippen LogP contribution in [0.2, 0.25) is 0 Å². The van der Waals surface area contributed by atoms with Gasteiger partial charge in [-0.3, -0.25) is 9.69 Å². The van der Waals surface area contributed by atoms with Gasteiger partial charge in [0, 0.05) is 31.9 Å². The van der Waals surface area contributed by atoms with Crippen LogP contribution in [0.1, 0.15) is 31.1 Å². The van der Waals surface area contributed by atoms with Crippen LogP contribution in [0.25, 0.3) is 0 Å². The van der Waals surface area contributed by atoms with Crippen molar-refractivity contribution in [3.63, 3.8) is 0 Å². The molecule has 6 nitrogen and oxygen atoms in total. The van der Waals surface area contributed by atoms with Crippen LogP contribution in [-0.2, 0) is 4.74 Å². The maximum atomic E-state index is 12.3. The summed E-state index contributed by atoms with van der Waals surface area (Å²) >= 11 is 0. The zero-order valence-corrected chi connectivity index (χ0v) is 13.7. The molecule has 3 unspecified atom stereocenters. The van der Waals surface area contributed by atoms with Crippen LogP contribution in [-0.4, -0.2) is 60.8 Å². The summed E-state index contributed by atoms with van der Waals surface area (Å²) in [5.41, 5.74) is 0.459. The number of carbonyl (C=O) groups excluding carboxylic acids is 1. The number of hydrogen-bond acceptors (Lipinski definition) is 5. The van der Waals surface area contributed by atoms with E-state index >= 15 is 0 Å².